The summed E-state index contributed by atoms with van der Waals surface area (Å²) in [5.74, 6) is 0.506. The molecule has 1 aliphatic rings. The van der Waals surface area contributed by atoms with Gasteiger partial charge in [0.2, 0.25) is 0 Å². The molecule has 0 amide bonds. The zero-order valence-corrected chi connectivity index (χ0v) is 15.8. The first-order chi connectivity index (χ1) is 11.7. The minimum Gasteiger partial charge on any atom is -0.389 e. The highest BCUT2D eigenvalue weighted by molar-refractivity contribution is 5.17. The third-order valence-electron chi connectivity index (χ3n) is 5.93. The highest BCUT2D eigenvalue weighted by Crippen LogP contribution is 2.38. The van der Waals surface area contributed by atoms with Gasteiger partial charge >= 0.3 is 0 Å². The summed E-state index contributed by atoms with van der Waals surface area (Å²) in [5, 5.41) is 11.5. The smallest absolute Gasteiger partial charge is 0.0715 e. The Balaban J connectivity index is 1.85. The summed E-state index contributed by atoms with van der Waals surface area (Å²) in [6.07, 6.45) is 17.5. The van der Waals surface area contributed by atoms with Crippen LogP contribution in [0, 0.1) is 5.92 Å². The minimum atomic E-state index is -0.481. The van der Waals surface area contributed by atoms with Crippen molar-refractivity contribution in [1.29, 1.82) is 0 Å². The quantitative estimate of drug-likeness (QED) is 0.449. The Morgan fingerprint density at radius 3 is 2.17 bits per heavy atom. The molecule has 0 radical (unpaired) electrons. The molecule has 1 heteroatoms. The molecule has 1 aromatic carbocycles. The first kappa shape index (κ1) is 19.5. The molecule has 1 unspecified atom stereocenters. The molecule has 1 nitrogen and oxygen atoms in total. The third kappa shape index (κ3) is 6.59. The Bertz CT molecular complexity index is 421. The lowest BCUT2D eigenvalue weighted by Gasteiger charge is -2.39. The van der Waals surface area contributed by atoms with Gasteiger partial charge in [0.15, 0.2) is 0 Å². The van der Waals surface area contributed by atoms with Crippen LogP contribution in [0.15, 0.2) is 30.3 Å². The summed E-state index contributed by atoms with van der Waals surface area (Å²) in [6.45, 7) is 2.27. The molecule has 0 spiro atoms. The number of hydrogen-bond donors (Lipinski definition) is 1. The highest BCUT2D eigenvalue weighted by atomic mass is 16.3. The van der Waals surface area contributed by atoms with Crippen LogP contribution in [0.2, 0.25) is 0 Å². The van der Waals surface area contributed by atoms with Crippen LogP contribution in [0.3, 0.4) is 0 Å². The second-order valence-electron chi connectivity index (χ2n) is 7.97. The Morgan fingerprint density at radius 1 is 0.875 bits per heavy atom. The van der Waals surface area contributed by atoms with Gasteiger partial charge in [0.1, 0.15) is 0 Å². The lowest BCUT2D eigenvalue weighted by atomic mass is 9.71. The largest absolute Gasteiger partial charge is 0.389 e. The molecule has 1 atom stereocenters. The van der Waals surface area contributed by atoms with Crippen LogP contribution in [-0.2, 0) is 6.42 Å². The molecular weight excluding hydrogens is 292 g/mol. The topological polar surface area (TPSA) is 20.2 Å². The number of aliphatic hydroxyl groups is 1. The van der Waals surface area contributed by atoms with Crippen molar-refractivity contribution in [3.8, 4) is 0 Å². The van der Waals surface area contributed by atoms with E-state index in [0.29, 0.717) is 5.92 Å². The zero-order valence-electron chi connectivity index (χ0n) is 15.8. The zero-order chi connectivity index (χ0) is 17.1. The van der Waals surface area contributed by atoms with E-state index in [0.717, 1.165) is 12.8 Å². The van der Waals surface area contributed by atoms with Crippen molar-refractivity contribution in [3.63, 3.8) is 0 Å². The van der Waals surface area contributed by atoms with Gasteiger partial charge in [0.25, 0.3) is 0 Å². The van der Waals surface area contributed by atoms with E-state index >= 15 is 0 Å². The first-order valence-electron chi connectivity index (χ1n) is 10.5. The second-order valence-corrected chi connectivity index (χ2v) is 7.97. The maximum absolute atomic E-state index is 11.5. The van der Waals surface area contributed by atoms with E-state index in [4.69, 9.17) is 0 Å². The summed E-state index contributed by atoms with van der Waals surface area (Å²) in [6, 6.07) is 10.6. The summed E-state index contributed by atoms with van der Waals surface area (Å²) < 4.78 is 0. The van der Waals surface area contributed by atoms with Gasteiger partial charge in [0.05, 0.1) is 5.60 Å². The van der Waals surface area contributed by atoms with Crippen LogP contribution in [0.5, 0.6) is 0 Å². The maximum Gasteiger partial charge on any atom is 0.0715 e. The van der Waals surface area contributed by atoms with E-state index in [2.05, 4.69) is 37.3 Å². The van der Waals surface area contributed by atoms with Crippen molar-refractivity contribution in [2.24, 2.45) is 5.92 Å². The monoisotopic (exact) mass is 330 g/mol. The number of hydrogen-bond acceptors (Lipinski definition) is 1. The highest BCUT2D eigenvalue weighted by Gasteiger charge is 2.36. The molecule has 136 valence electrons. The predicted octanol–water partition coefficient (Wildman–Crippen LogP) is 6.68. The molecule has 1 aromatic rings. The predicted molar refractivity (Wildman–Crippen MR) is 104 cm³/mol. The van der Waals surface area contributed by atoms with Crippen molar-refractivity contribution in [3.05, 3.63) is 35.9 Å². The van der Waals surface area contributed by atoms with Gasteiger partial charge in [-0.05, 0) is 30.7 Å². The third-order valence-corrected chi connectivity index (χ3v) is 5.93. The van der Waals surface area contributed by atoms with Gasteiger partial charge in [-0.2, -0.15) is 0 Å². The molecule has 0 aromatic heterocycles. The fourth-order valence-corrected chi connectivity index (χ4v) is 4.41. The van der Waals surface area contributed by atoms with Crippen LogP contribution in [0.4, 0.5) is 0 Å². The lowest BCUT2D eigenvalue weighted by Crippen LogP contribution is -2.41. The maximum atomic E-state index is 11.5. The van der Waals surface area contributed by atoms with Crippen molar-refractivity contribution in [2.75, 3.05) is 0 Å². The number of rotatable bonds is 11. The molecule has 2 rings (SSSR count). The lowest BCUT2D eigenvalue weighted by molar-refractivity contribution is -0.0416. The van der Waals surface area contributed by atoms with Gasteiger partial charge in [0, 0.05) is 6.42 Å². The van der Waals surface area contributed by atoms with E-state index in [-0.39, 0.29) is 0 Å². The first-order valence-corrected chi connectivity index (χ1v) is 10.5. The van der Waals surface area contributed by atoms with Crippen molar-refractivity contribution in [2.45, 2.75) is 102 Å². The van der Waals surface area contributed by atoms with Gasteiger partial charge in [-0.3, -0.25) is 0 Å². The fourth-order valence-electron chi connectivity index (χ4n) is 4.41. The van der Waals surface area contributed by atoms with Gasteiger partial charge in [-0.25, -0.2) is 0 Å². The van der Waals surface area contributed by atoms with E-state index in [1.807, 2.05) is 0 Å². The standard InChI is InChI=1S/C23H38O/c1-2-3-4-5-6-7-14-19-23(24,22-17-12-9-13-18-22)20-21-15-10-8-11-16-21/h8,10-11,15-16,22,24H,2-7,9,12-14,17-20H2,1H3. The Morgan fingerprint density at radius 2 is 1.50 bits per heavy atom. The molecular formula is C23H38O. The summed E-state index contributed by atoms with van der Waals surface area (Å²) in [5.41, 5.74) is 0.819. The van der Waals surface area contributed by atoms with Gasteiger partial charge in [-0.1, -0.05) is 101 Å². The van der Waals surface area contributed by atoms with E-state index in [9.17, 15) is 5.11 Å². The average molecular weight is 331 g/mol. The average Bonchev–Trinajstić information content (AvgIpc) is 2.62. The molecule has 1 saturated carbocycles. The number of benzene rings is 1. The van der Waals surface area contributed by atoms with Crippen LogP contribution < -0.4 is 0 Å². The van der Waals surface area contributed by atoms with Crippen molar-refractivity contribution in [1.82, 2.24) is 0 Å². The Kier molecular flexibility index (Phi) is 8.88. The summed E-state index contributed by atoms with van der Waals surface area (Å²) in [4.78, 5) is 0. The van der Waals surface area contributed by atoms with E-state index in [1.165, 1.54) is 82.6 Å². The normalized spacial score (nSPS) is 18.4. The molecule has 1 fully saturated rings. The molecule has 1 N–H and O–H groups in total. The van der Waals surface area contributed by atoms with Gasteiger partial charge in [-0.15, -0.1) is 0 Å². The van der Waals surface area contributed by atoms with E-state index < -0.39 is 5.60 Å². The summed E-state index contributed by atoms with van der Waals surface area (Å²) >= 11 is 0. The molecule has 1 aliphatic carbocycles. The van der Waals surface area contributed by atoms with Crippen molar-refractivity contribution < 1.29 is 5.11 Å². The Labute approximate surface area is 149 Å². The molecule has 24 heavy (non-hydrogen) atoms. The van der Waals surface area contributed by atoms with Crippen LogP contribution in [-0.4, -0.2) is 10.7 Å². The molecule has 0 heterocycles. The SMILES string of the molecule is CCCCCCCCCC(O)(Cc1ccccc1)C1CCCCC1. The van der Waals surface area contributed by atoms with Crippen LogP contribution in [0.1, 0.15) is 96.0 Å². The van der Waals surface area contributed by atoms with E-state index in [1.54, 1.807) is 0 Å². The number of unbranched alkanes of at least 4 members (excludes halogenated alkanes) is 6. The van der Waals surface area contributed by atoms with Gasteiger partial charge < -0.3 is 5.11 Å². The van der Waals surface area contributed by atoms with Crippen molar-refractivity contribution >= 4 is 0 Å². The second kappa shape index (κ2) is 10.9. The Hall–Kier alpha value is -0.820. The van der Waals surface area contributed by atoms with Crippen LogP contribution in [0.25, 0.3) is 0 Å². The molecule has 0 bridgehead atoms. The molecule has 0 saturated heterocycles. The minimum absolute atomic E-state index is 0.481. The molecule has 0 aliphatic heterocycles. The van der Waals surface area contributed by atoms with Crippen LogP contribution >= 0.6 is 0 Å². The summed E-state index contributed by atoms with van der Waals surface area (Å²) in [7, 11) is 0. The fraction of sp³-hybridized carbons (Fsp3) is 0.739.